The van der Waals surface area contributed by atoms with Crippen molar-refractivity contribution >= 4 is 35.8 Å². The van der Waals surface area contributed by atoms with Gasteiger partial charge in [0, 0.05) is 44.7 Å². The highest BCUT2D eigenvalue weighted by Gasteiger charge is 2.17. The van der Waals surface area contributed by atoms with Gasteiger partial charge in [0.05, 0.1) is 19.8 Å². The summed E-state index contributed by atoms with van der Waals surface area (Å²) in [4.78, 5) is 19.2. The quantitative estimate of drug-likeness (QED) is 0.272. The zero-order valence-electron chi connectivity index (χ0n) is 17.0. The standard InChI is InChI=1S/C19H37N5O2.HI/c1-3-20-19(22-15-16(2)24-11-13-26-14-12-24)21-10-9-18(25)23-17-7-5-4-6-8-17;/h16-17H,3-15H2,1-2H3,(H,23,25)(H2,20,21,22);1H. The Labute approximate surface area is 181 Å². The van der Waals surface area contributed by atoms with E-state index in [0.29, 0.717) is 25.0 Å². The third-order valence-electron chi connectivity index (χ3n) is 5.14. The molecule has 3 N–H and O–H groups in total. The fourth-order valence-electron chi connectivity index (χ4n) is 3.54. The lowest BCUT2D eigenvalue weighted by atomic mass is 9.95. The van der Waals surface area contributed by atoms with Crippen LogP contribution in [0, 0.1) is 0 Å². The molecule has 2 rings (SSSR count). The van der Waals surface area contributed by atoms with E-state index in [0.717, 1.165) is 58.2 Å². The smallest absolute Gasteiger partial charge is 0.221 e. The average molecular weight is 495 g/mol. The molecule has 2 fully saturated rings. The third kappa shape index (κ3) is 9.94. The van der Waals surface area contributed by atoms with Crippen molar-refractivity contribution in [3.8, 4) is 0 Å². The minimum absolute atomic E-state index is 0. The van der Waals surface area contributed by atoms with Gasteiger partial charge in [0.15, 0.2) is 5.96 Å². The predicted molar refractivity (Wildman–Crippen MR) is 121 cm³/mol. The first-order chi connectivity index (χ1) is 12.7. The Balaban J connectivity index is 0.00000364. The molecular weight excluding hydrogens is 457 g/mol. The van der Waals surface area contributed by atoms with Crippen molar-refractivity contribution in [2.45, 2.75) is 64.5 Å². The van der Waals surface area contributed by atoms with Crippen molar-refractivity contribution in [2.75, 3.05) is 45.9 Å². The number of guanidine groups is 1. The number of morpholine rings is 1. The fourth-order valence-corrected chi connectivity index (χ4v) is 3.54. The molecule has 1 aliphatic heterocycles. The fraction of sp³-hybridized carbons (Fsp3) is 0.895. The summed E-state index contributed by atoms with van der Waals surface area (Å²) in [6, 6.07) is 0.775. The first-order valence-corrected chi connectivity index (χ1v) is 10.3. The lowest BCUT2D eigenvalue weighted by Gasteiger charge is -2.31. The second kappa shape index (κ2) is 14.4. The van der Waals surface area contributed by atoms with Gasteiger partial charge in [0.1, 0.15) is 0 Å². The van der Waals surface area contributed by atoms with Gasteiger partial charge in [-0.1, -0.05) is 19.3 Å². The summed E-state index contributed by atoms with van der Waals surface area (Å²) < 4.78 is 5.40. The van der Waals surface area contributed by atoms with Gasteiger partial charge < -0.3 is 20.7 Å². The van der Waals surface area contributed by atoms with Crippen molar-refractivity contribution in [3.63, 3.8) is 0 Å². The molecule has 0 aromatic carbocycles. The van der Waals surface area contributed by atoms with Crippen molar-refractivity contribution < 1.29 is 9.53 Å². The number of hydrogen-bond donors (Lipinski definition) is 3. The molecule has 0 aromatic rings. The minimum atomic E-state index is 0. The van der Waals surface area contributed by atoms with Gasteiger partial charge in [-0.05, 0) is 26.7 Å². The van der Waals surface area contributed by atoms with E-state index < -0.39 is 0 Å². The molecule has 0 radical (unpaired) electrons. The van der Waals surface area contributed by atoms with Crippen LogP contribution < -0.4 is 16.0 Å². The number of nitrogens with zero attached hydrogens (tertiary/aromatic N) is 2. The predicted octanol–water partition coefficient (Wildman–Crippen LogP) is 1.72. The maximum atomic E-state index is 12.1. The average Bonchev–Trinajstić information content (AvgIpc) is 2.67. The molecule has 27 heavy (non-hydrogen) atoms. The van der Waals surface area contributed by atoms with E-state index in [1.807, 2.05) is 0 Å². The second-order valence-electron chi connectivity index (χ2n) is 7.30. The zero-order chi connectivity index (χ0) is 18.6. The summed E-state index contributed by atoms with van der Waals surface area (Å²) in [5.74, 6) is 0.931. The number of nitrogens with one attached hydrogen (secondary N) is 3. The summed E-state index contributed by atoms with van der Waals surface area (Å²) in [6.07, 6.45) is 6.52. The van der Waals surface area contributed by atoms with Crippen LogP contribution in [0.15, 0.2) is 4.99 Å². The molecule has 2 aliphatic rings. The molecule has 1 aliphatic carbocycles. The number of hydrogen-bond acceptors (Lipinski definition) is 4. The molecule has 158 valence electrons. The first-order valence-electron chi connectivity index (χ1n) is 10.3. The van der Waals surface area contributed by atoms with E-state index in [1.54, 1.807) is 0 Å². The molecule has 1 atom stereocenters. The van der Waals surface area contributed by atoms with E-state index >= 15 is 0 Å². The lowest BCUT2D eigenvalue weighted by molar-refractivity contribution is -0.121. The molecule has 7 nitrogen and oxygen atoms in total. The number of aliphatic imine (C=N–C) groups is 1. The van der Waals surface area contributed by atoms with E-state index in [9.17, 15) is 4.79 Å². The van der Waals surface area contributed by atoms with Crippen LogP contribution in [0.2, 0.25) is 0 Å². The first kappa shape index (κ1) is 24.4. The van der Waals surface area contributed by atoms with Crippen LogP contribution in [-0.2, 0) is 9.53 Å². The van der Waals surface area contributed by atoms with Gasteiger partial charge in [-0.25, -0.2) is 0 Å². The largest absolute Gasteiger partial charge is 0.379 e. The third-order valence-corrected chi connectivity index (χ3v) is 5.14. The molecule has 8 heteroatoms. The number of rotatable bonds is 8. The number of amides is 1. The van der Waals surface area contributed by atoms with E-state index in [4.69, 9.17) is 4.74 Å². The van der Waals surface area contributed by atoms with Crippen LogP contribution in [0.3, 0.4) is 0 Å². The minimum Gasteiger partial charge on any atom is -0.379 e. The van der Waals surface area contributed by atoms with Gasteiger partial charge in [0.25, 0.3) is 0 Å². The molecule has 0 aromatic heterocycles. The zero-order valence-corrected chi connectivity index (χ0v) is 19.3. The summed E-state index contributed by atoms with van der Waals surface area (Å²) in [5.41, 5.74) is 0. The van der Waals surface area contributed by atoms with Gasteiger partial charge in [0.2, 0.25) is 5.91 Å². The van der Waals surface area contributed by atoms with Gasteiger partial charge in [-0.2, -0.15) is 0 Å². The van der Waals surface area contributed by atoms with Crippen LogP contribution >= 0.6 is 24.0 Å². The van der Waals surface area contributed by atoms with Crippen molar-refractivity contribution in [3.05, 3.63) is 0 Å². The van der Waals surface area contributed by atoms with Crippen LogP contribution in [0.1, 0.15) is 52.4 Å². The summed E-state index contributed by atoms with van der Waals surface area (Å²) in [5, 5.41) is 9.70. The normalized spacial score (nSPS) is 20.4. The number of carbonyl (C=O) groups excluding carboxylic acids is 1. The molecule has 1 saturated carbocycles. The Bertz CT molecular complexity index is 438. The molecule has 1 saturated heterocycles. The molecule has 1 amide bonds. The van der Waals surface area contributed by atoms with Crippen LogP contribution in [0.25, 0.3) is 0 Å². The number of halogens is 1. The van der Waals surface area contributed by atoms with Gasteiger partial charge >= 0.3 is 0 Å². The van der Waals surface area contributed by atoms with Crippen LogP contribution in [-0.4, -0.2) is 74.8 Å². The second-order valence-corrected chi connectivity index (χ2v) is 7.30. The van der Waals surface area contributed by atoms with E-state index in [-0.39, 0.29) is 29.9 Å². The van der Waals surface area contributed by atoms with Crippen LogP contribution in [0.5, 0.6) is 0 Å². The summed E-state index contributed by atoms with van der Waals surface area (Å²) in [7, 11) is 0. The highest BCUT2D eigenvalue weighted by atomic mass is 127. The number of ether oxygens (including phenoxy) is 1. The number of carbonyl (C=O) groups is 1. The molecular formula is C19H38IN5O2. The van der Waals surface area contributed by atoms with Crippen molar-refractivity contribution in [1.29, 1.82) is 0 Å². The van der Waals surface area contributed by atoms with E-state index in [2.05, 4.69) is 39.7 Å². The lowest BCUT2D eigenvalue weighted by Crippen LogP contribution is -2.45. The van der Waals surface area contributed by atoms with Gasteiger partial charge in [-0.3, -0.25) is 14.7 Å². The molecule has 0 spiro atoms. The van der Waals surface area contributed by atoms with Crippen molar-refractivity contribution in [1.82, 2.24) is 20.9 Å². The Hall–Kier alpha value is -0.610. The molecule has 1 heterocycles. The Morgan fingerprint density at radius 3 is 2.56 bits per heavy atom. The Kier molecular flexibility index (Phi) is 13.0. The monoisotopic (exact) mass is 495 g/mol. The SMILES string of the molecule is CCNC(=NCC(C)N1CCOCC1)NCCC(=O)NC1CCCCC1.I. The highest BCUT2D eigenvalue weighted by molar-refractivity contribution is 14.0. The van der Waals surface area contributed by atoms with Crippen LogP contribution in [0.4, 0.5) is 0 Å². The van der Waals surface area contributed by atoms with E-state index in [1.165, 1.54) is 19.3 Å². The van der Waals surface area contributed by atoms with Crippen molar-refractivity contribution in [2.24, 2.45) is 4.99 Å². The molecule has 0 bridgehead atoms. The Morgan fingerprint density at radius 1 is 1.19 bits per heavy atom. The highest BCUT2D eigenvalue weighted by Crippen LogP contribution is 2.17. The maximum absolute atomic E-state index is 12.1. The summed E-state index contributed by atoms with van der Waals surface area (Å²) in [6.45, 7) is 9.98. The summed E-state index contributed by atoms with van der Waals surface area (Å²) >= 11 is 0. The van der Waals surface area contributed by atoms with Gasteiger partial charge in [-0.15, -0.1) is 24.0 Å². The maximum Gasteiger partial charge on any atom is 0.221 e. The Morgan fingerprint density at radius 2 is 1.89 bits per heavy atom. The topological polar surface area (TPSA) is 78.0 Å². The molecule has 1 unspecified atom stereocenters.